The van der Waals surface area contributed by atoms with Gasteiger partial charge in [-0.05, 0) is 0 Å². The summed E-state index contributed by atoms with van der Waals surface area (Å²) in [6.45, 7) is 2.24. The van der Waals surface area contributed by atoms with Crippen LogP contribution >= 0.6 is 0 Å². The van der Waals surface area contributed by atoms with Crippen molar-refractivity contribution in [3.05, 3.63) is 35.4 Å². The van der Waals surface area contributed by atoms with E-state index in [4.69, 9.17) is 0 Å². The topological polar surface area (TPSA) is 0 Å². The van der Waals surface area contributed by atoms with Gasteiger partial charge >= 0.3 is 159 Å². The van der Waals surface area contributed by atoms with Crippen molar-refractivity contribution in [3.8, 4) is 0 Å². The van der Waals surface area contributed by atoms with Crippen LogP contribution in [-0.4, -0.2) is 18.4 Å². The van der Waals surface area contributed by atoms with Crippen LogP contribution in [0.5, 0.6) is 0 Å². The maximum atomic E-state index is 2.75. The first-order chi connectivity index (χ1) is 11.9. The maximum absolute atomic E-state index is 2.75. The minimum atomic E-state index is -1.88. The van der Waals surface area contributed by atoms with Crippen LogP contribution in [0, 0.1) is 42.4 Å². The SMILES string of the molecule is Cc1ccc([C@@H]2[C@H]3CC[C@H](C3)[C@@H]2[C@H]2[C@@H]3CC[C@@H](C3)[C@H]2[Sn]([CH3])([CH3])[CH3])cc1. The summed E-state index contributed by atoms with van der Waals surface area (Å²) >= 11 is -1.88. The molecular formula is C24H36Sn. The Bertz CT molecular complexity index is 639. The molecule has 0 nitrogen and oxygen atoms in total. The third-order valence-corrected chi connectivity index (χ3v) is 17.0. The summed E-state index contributed by atoms with van der Waals surface area (Å²) in [6.07, 6.45) is 9.39. The monoisotopic (exact) mass is 444 g/mol. The van der Waals surface area contributed by atoms with Gasteiger partial charge in [0.2, 0.25) is 0 Å². The van der Waals surface area contributed by atoms with Crippen LogP contribution in [0.15, 0.2) is 24.3 Å². The Kier molecular flexibility index (Phi) is 4.12. The molecule has 0 aromatic heterocycles. The summed E-state index contributed by atoms with van der Waals surface area (Å²) in [5, 5.41) is 0. The molecule has 0 spiro atoms. The molecule has 4 aliphatic rings. The van der Waals surface area contributed by atoms with E-state index in [-0.39, 0.29) is 0 Å². The zero-order chi connectivity index (χ0) is 17.3. The summed E-state index contributed by atoms with van der Waals surface area (Å²) in [4.78, 5) is 8.25. The molecule has 1 heteroatoms. The zero-order valence-corrected chi connectivity index (χ0v) is 19.5. The third-order valence-electron chi connectivity index (χ3n) is 8.87. The van der Waals surface area contributed by atoms with E-state index in [1.165, 1.54) is 15.9 Å². The van der Waals surface area contributed by atoms with Crippen molar-refractivity contribution in [2.75, 3.05) is 0 Å². The van der Waals surface area contributed by atoms with E-state index < -0.39 is 18.4 Å². The average Bonchev–Trinajstić information content (AvgIpc) is 3.33. The molecule has 0 heterocycles. The molecule has 0 unspecified atom stereocenters. The fraction of sp³-hybridized carbons (Fsp3) is 0.750. The fourth-order valence-electron chi connectivity index (χ4n) is 8.35. The summed E-state index contributed by atoms with van der Waals surface area (Å²) in [5.41, 5.74) is 3.13. The molecule has 0 N–H and O–H groups in total. The first-order valence-corrected chi connectivity index (χ1v) is 21.2. The summed E-state index contributed by atoms with van der Waals surface area (Å²) in [5.74, 6) is 7.35. The van der Waals surface area contributed by atoms with Gasteiger partial charge in [-0.15, -0.1) is 0 Å². The molecule has 0 radical (unpaired) electrons. The van der Waals surface area contributed by atoms with E-state index in [1.807, 2.05) is 0 Å². The van der Waals surface area contributed by atoms with E-state index in [2.05, 4.69) is 46.0 Å². The normalized spacial score (nSPS) is 45.4. The molecule has 0 aliphatic heterocycles. The van der Waals surface area contributed by atoms with E-state index in [0.29, 0.717) is 0 Å². The third kappa shape index (κ3) is 2.67. The van der Waals surface area contributed by atoms with Crippen molar-refractivity contribution in [1.82, 2.24) is 0 Å². The standard InChI is InChI=1S/C21H27.3CH3.Sn/c1-13-2-5-15(6-3-13)20-17-8-9-18(12-17)21(20)19-11-14-4-7-16(19)10-14;;;;/h2-3,5-6,11,14,16-21H,4,7-10,12H2,1H3;3*1H3;/t14-,16+,17-,18+,19+,20+,21+;;;;/m0..../s1. The molecular weight excluding hydrogens is 407 g/mol. The summed E-state index contributed by atoms with van der Waals surface area (Å²) < 4.78 is 1.19. The average molecular weight is 443 g/mol. The van der Waals surface area contributed by atoms with Gasteiger partial charge in [-0.3, -0.25) is 0 Å². The van der Waals surface area contributed by atoms with Crippen LogP contribution in [0.25, 0.3) is 0 Å². The zero-order valence-electron chi connectivity index (χ0n) is 16.7. The molecule has 4 saturated carbocycles. The van der Waals surface area contributed by atoms with Crippen molar-refractivity contribution in [1.29, 1.82) is 0 Å². The van der Waals surface area contributed by atoms with Crippen molar-refractivity contribution in [2.24, 2.45) is 35.5 Å². The quantitative estimate of drug-likeness (QED) is 0.447. The molecule has 0 saturated heterocycles. The van der Waals surface area contributed by atoms with E-state index in [1.54, 1.807) is 37.7 Å². The Morgan fingerprint density at radius 3 is 1.96 bits per heavy atom. The first-order valence-electron chi connectivity index (χ1n) is 11.0. The van der Waals surface area contributed by atoms with Crippen LogP contribution in [0.2, 0.25) is 18.8 Å². The van der Waals surface area contributed by atoms with Gasteiger partial charge in [0, 0.05) is 0 Å². The number of rotatable bonds is 3. The first kappa shape index (κ1) is 17.1. The Labute approximate surface area is 159 Å². The number of fused-ring (bicyclic) bond motifs is 4. The molecule has 5 rings (SSSR count). The molecule has 136 valence electrons. The molecule has 1 aromatic rings. The van der Waals surface area contributed by atoms with Crippen LogP contribution in [0.3, 0.4) is 0 Å². The van der Waals surface area contributed by atoms with Crippen molar-refractivity contribution < 1.29 is 0 Å². The molecule has 1 aromatic carbocycles. The fourth-order valence-corrected chi connectivity index (χ4v) is 18.0. The Morgan fingerprint density at radius 1 is 0.720 bits per heavy atom. The second-order valence-corrected chi connectivity index (χ2v) is 26.6. The van der Waals surface area contributed by atoms with Crippen LogP contribution in [0.1, 0.15) is 55.6 Å². The van der Waals surface area contributed by atoms with Gasteiger partial charge in [0.1, 0.15) is 0 Å². The molecule has 4 bridgehead atoms. The minimum absolute atomic E-state index is 0.903. The summed E-state index contributed by atoms with van der Waals surface area (Å²) in [6, 6.07) is 9.74. The Morgan fingerprint density at radius 2 is 1.28 bits per heavy atom. The molecule has 0 amide bonds. The van der Waals surface area contributed by atoms with Gasteiger partial charge in [-0.25, -0.2) is 0 Å². The number of benzene rings is 1. The molecule has 8 atom stereocenters. The van der Waals surface area contributed by atoms with Gasteiger partial charge in [0.05, 0.1) is 0 Å². The van der Waals surface area contributed by atoms with Crippen LogP contribution in [-0.2, 0) is 0 Å². The van der Waals surface area contributed by atoms with Gasteiger partial charge < -0.3 is 0 Å². The van der Waals surface area contributed by atoms with Gasteiger partial charge in [-0.1, -0.05) is 0 Å². The molecule has 4 aliphatic carbocycles. The molecule has 25 heavy (non-hydrogen) atoms. The Balaban J connectivity index is 1.53. The van der Waals surface area contributed by atoms with Gasteiger partial charge in [-0.2, -0.15) is 0 Å². The Hall–Kier alpha value is 0.0187. The number of hydrogen-bond donors (Lipinski definition) is 0. The van der Waals surface area contributed by atoms with Crippen molar-refractivity contribution in [2.45, 2.75) is 70.1 Å². The van der Waals surface area contributed by atoms with Crippen LogP contribution in [0.4, 0.5) is 0 Å². The van der Waals surface area contributed by atoms with Crippen molar-refractivity contribution in [3.63, 3.8) is 0 Å². The van der Waals surface area contributed by atoms with Gasteiger partial charge in [0.25, 0.3) is 0 Å². The number of hydrogen-bond acceptors (Lipinski definition) is 0. The summed E-state index contributed by atoms with van der Waals surface area (Å²) in [7, 11) is 0. The van der Waals surface area contributed by atoms with E-state index in [9.17, 15) is 0 Å². The van der Waals surface area contributed by atoms with E-state index >= 15 is 0 Å². The predicted molar refractivity (Wildman–Crippen MR) is 110 cm³/mol. The molecule has 4 fully saturated rings. The second kappa shape index (κ2) is 6.01. The predicted octanol–water partition coefficient (Wildman–Crippen LogP) is 6.88. The second-order valence-electron chi connectivity index (χ2n) is 11.1. The number of aryl methyl sites for hydroxylation is 1. The van der Waals surface area contributed by atoms with Crippen molar-refractivity contribution >= 4 is 18.4 Å². The van der Waals surface area contributed by atoms with Gasteiger partial charge in [0.15, 0.2) is 0 Å². The van der Waals surface area contributed by atoms with E-state index in [0.717, 1.165) is 41.4 Å². The van der Waals surface area contributed by atoms with Crippen LogP contribution < -0.4 is 0 Å².